The maximum atomic E-state index is 12.6. The number of para-hydroxylation sites is 1. The molecule has 0 fully saturated rings. The molecule has 0 aliphatic rings. The Bertz CT molecular complexity index is 1020. The van der Waals surface area contributed by atoms with Gasteiger partial charge in [-0.25, -0.2) is 8.42 Å². The minimum absolute atomic E-state index is 0.0794. The van der Waals surface area contributed by atoms with Gasteiger partial charge in [-0.05, 0) is 36.4 Å². The van der Waals surface area contributed by atoms with Crippen LogP contribution in [-0.2, 0) is 10.0 Å². The number of aromatic nitrogens is 1. The van der Waals surface area contributed by atoms with E-state index in [9.17, 15) is 13.2 Å². The fourth-order valence-electron chi connectivity index (χ4n) is 2.43. The summed E-state index contributed by atoms with van der Waals surface area (Å²) in [7, 11) is -0.501. The van der Waals surface area contributed by atoms with Crippen molar-refractivity contribution in [2.24, 2.45) is 0 Å². The largest absolute Gasteiger partial charge is 0.345 e. The van der Waals surface area contributed by atoms with Crippen LogP contribution in [0.2, 0.25) is 0 Å². The van der Waals surface area contributed by atoms with Crippen LogP contribution in [0.5, 0.6) is 0 Å². The molecule has 0 bridgehead atoms. The lowest BCUT2D eigenvalue weighted by Gasteiger charge is -2.12. The Hall–Kier alpha value is -2.93. The van der Waals surface area contributed by atoms with E-state index in [1.165, 1.54) is 29.2 Å². The van der Waals surface area contributed by atoms with Crippen molar-refractivity contribution < 1.29 is 13.2 Å². The van der Waals surface area contributed by atoms with E-state index in [1.807, 2.05) is 12.1 Å². The van der Waals surface area contributed by atoms with Crippen molar-refractivity contribution in [1.29, 1.82) is 0 Å². The summed E-state index contributed by atoms with van der Waals surface area (Å²) in [5, 5.41) is 0.842. The van der Waals surface area contributed by atoms with Gasteiger partial charge in [0, 0.05) is 31.2 Å². The SMILES string of the molecule is CN(C)C(=O)c1ccc(S(=O)(=O)Nc2cccc3cccnc23)cc1. The second kappa shape index (κ2) is 6.52. The number of pyridine rings is 1. The Labute approximate surface area is 146 Å². The molecule has 0 aliphatic carbocycles. The molecular weight excluding hydrogens is 338 g/mol. The fourth-order valence-corrected chi connectivity index (χ4v) is 3.49. The van der Waals surface area contributed by atoms with Gasteiger partial charge in [-0.2, -0.15) is 0 Å². The van der Waals surface area contributed by atoms with Crippen molar-refractivity contribution in [2.45, 2.75) is 4.90 Å². The van der Waals surface area contributed by atoms with Gasteiger partial charge in [-0.1, -0.05) is 18.2 Å². The second-order valence-electron chi connectivity index (χ2n) is 5.71. The van der Waals surface area contributed by atoms with Crippen LogP contribution in [0.3, 0.4) is 0 Å². The zero-order valence-electron chi connectivity index (χ0n) is 13.8. The molecule has 2 aromatic carbocycles. The number of nitrogens with zero attached hydrogens (tertiary/aromatic N) is 2. The summed E-state index contributed by atoms with van der Waals surface area (Å²) in [5.41, 5.74) is 1.41. The van der Waals surface area contributed by atoms with Gasteiger partial charge >= 0.3 is 0 Å². The number of fused-ring (bicyclic) bond motifs is 1. The van der Waals surface area contributed by atoms with E-state index in [2.05, 4.69) is 9.71 Å². The summed E-state index contributed by atoms with van der Waals surface area (Å²) in [6.07, 6.45) is 1.61. The van der Waals surface area contributed by atoms with E-state index in [0.717, 1.165) is 5.39 Å². The van der Waals surface area contributed by atoms with Crippen molar-refractivity contribution in [1.82, 2.24) is 9.88 Å². The zero-order valence-corrected chi connectivity index (χ0v) is 14.6. The van der Waals surface area contributed by atoms with E-state index >= 15 is 0 Å². The minimum atomic E-state index is -3.78. The van der Waals surface area contributed by atoms with Crippen LogP contribution >= 0.6 is 0 Å². The first-order valence-corrected chi connectivity index (χ1v) is 9.05. The molecule has 7 heteroatoms. The van der Waals surface area contributed by atoms with E-state index in [1.54, 1.807) is 38.5 Å². The lowest BCUT2D eigenvalue weighted by Crippen LogP contribution is -2.21. The fraction of sp³-hybridized carbons (Fsp3) is 0.111. The van der Waals surface area contributed by atoms with Crippen molar-refractivity contribution in [3.05, 3.63) is 66.4 Å². The maximum absolute atomic E-state index is 12.6. The number of nitrogens with one attached hydrogen (secondary N) is 1. The van der Waals surface area contributed by atoms with Crippen molar-refractivity contribution in [3.8, 4) is 0 Å². The summed E-state index contributed by atoms with van der Waals surface area (Å²) in [6.45, 7) is 0. The highest BCUT2D eigenvalue weighted by atomic mass is 32.2. The average molecular weight is 355 g/mol. The Morgan fingerprint density at radius 1 is 1.00 bits per heavy atom. The quantitative estimate of drug-likeness (QED) is 0.780. The van der Waals surface area contributed by atoms with E-state index < -0.39 is 10.0 Å². The molecule has 0 unspecified atom stereocenters. The molecule has 0 spiro atoms. The molecule has 0 saturated carbocycles. The van der Waals surface area contributed by atoms with Crippen molar-refractivity contribution in [2.75, 3.05) is 18.8 Å². The number of amides is 1. The number of hydrogen-bond donors (Lipinski definition) is 1. The number of carbonyl (C=O) groups excluding carboxylic acids is 1. The first-order valence-electron chi connectivity index (χ1n) is 7.57. The van der Waals surface area contributed by atoms with E-state index in [-0.39, 0.29) is 10.8 Å². The normalized spacial score (nSPS) is 11.3. The number of anilines is 1. The Morgan fingerprint density at radius 3 is 2.36 bits per heavy atom. The molecule has 3 rings (SSSR count). The van der Waals surface area contributed by atoms with Crippen LogP contribution in [-0.4, -0.2) is 38.3 Å². The van der Waals surface area contributed by atoms with Crippen LogP contribution in [0.4, 0.5) is 5.69 Å². The standard InChI is InChI=1S/C18H17N3O3S/c1-21(2)18(22)14-8-10-15(11-9-14)25(23,24)20-16-7-3-5-13-6-4-12-19-17(13)16/h3-12,20H,1-2H3. The maximum Gasteiger partial charge on any atom is 0.261 e. The van der Waals surface area contributed by atoms with Gasteiger partial charge in [0.1, 0.15) is 0 Å². The molecule has 128 valence electrons. The molecule has 0 saturated heterocycles. The van der Waals surface area contributed by atoms with E-state index in [4.69, 9.17) is 0 Å². The molecule has 1 heterocycles. The van der Waals surface area contributed by atoms with Gasteiger partial charge in [0.2, 0.25) is 0 Å². The van der Waals surface area contributed by atoms with Gasteiger partial charge < -0.3 is 4.90 Å². The van der Waals surface area contributed by atoms with Gasteiger partial charge in [-0.15, -0.1) is 0 Å². The van der Waals surface area contributed by atoms with Gasteiger partial charge in [0.05, 0.1) is 16.1 Å². The first-order chi connectivity index (χ1) is 11.9. The Morgan fingerprint density at radius 2 is 1.68 bits per heavy atom. The number of hydrogen-bond acceptors (Lipinski definition) is 4. The Balaban J connectivity index is 1.93. The number of sulfonamides is 1. The molecular formula is C18H17N3O3S. The summed E-state index contributed by atoms with van der Waals surface area (Å²) in [4.78, 5) is 17.6. The predicted octanol–water partition coefficient (Wildman–Crippen LogP) is 2.74. The number of benzene rings is 2. The molecule has 3 aromatic rings. The topological polar surface area (TPSA) is 79.4 Å². The van der Waals surface area contributed by atoms with Gasteiger partial charge in [0.15, 0.2) is 0 Å². The number of carbonyl (C=O) groups is 1. The van der Waals surface area contributed by atoms with Crippen molar-refractivity contribution in [3.63, 3.8) is 0 Å². The highest BCUT2D eigenvalue weighted by molar-refractivity contribution is 7.92. The third kappa shape index (κ3) is 3.46. The summed E-state index contributed by atoms with van der Waals surface area (Å²) < 4.78 is 27.8. The highest BCUT2D eigenvalue weighted by Gasteiger charge is 2.17. The first kappa shape index (κ1) is 16.9. The molecule has 1 N–H and O–H groups in total. The lowest BCUT2D eigenvalue weighted by atomic mass is 10.2. The molecule has 1 amide bonds. The number of rotatable bonds is 4. The van der Waals surface area contributed by atoms with Crippen LogP contribution in [0.15, 0.2) is 65.7 Å². The van der Waals surface area contributed by atoms with Crippen molar-refractivity contribution >= 4 is 32.5 Å². The molecule has 0 radical (unpaired) electrons. The minimum Gasteiger partial charge on any atom is -0.345 e. The molecule has 6 nitrogen and oxygen atoms in total. The van der Waals surface area contributed by atoms with Crippen LogP contribution in [0.1, 0.15) is 10.4 Å². The zero-order chi connectivity index (χ0) is 18.0. The van der Waals surface area contributed by atoms with Gasteiger partial charge in [-0.3, -0.25) is 14.5 Å². The summed E-state index contributed by atoms with van der Waals surface area (Å²) in [5.74, 6) is -0.185. The molecule has 1 aromatic heterocycles. The third-order valence-corrected chi connectivity index (χ3v) is 5.08. The summed E-state index contributed by atoms with van der Waals surface area (Å²) in [6, 6.07) is 14.8. The van der Waals surface area contributed by atoms with Crippen LogP contribution < -0.4 is 4.72 Å². The molecule has 25 heavy (non-hydrogen) atoms. The molecule has 0 aliphatic heterocycles. The highest BCUT2D eigenvalue weighted by Crippen LogP contribution is 2.24. The van der Waals surface area contributed by atoms with Crippen LogP contribution in [0, 0.1) is 0 Å². The monoisotopic (exact) mass is 355 g/mol. The molecule has 0 atom stereocenters. The Kier molecular flexibility index (Phi) is 4.41. The lowest BCUT2D eigenvalue weighted by molar-refractivity contribution is 0.0827. The summed E-state index contributed by atoms with van der Waals surface area (Å²) >= 11 is 0. The van der Waals surface area contributed by atoms with Gasteiger partial charge in [0.25, 0.3) is 15.9 Å². The smallest absolute Gasteiger partial charge is 0.261 e. The second-order valence-corrected chi connectivity index (χ2v) is 7.39. The van der Waals surface area contributed by atoms with E-state index in [0.29, 0.717) is 16.8 Å². The van der Waals surface area contributed by atoms with Crippen LogP contribution in [0.25, 0.3) is 10.9 Å². The predicted molar refractivity (Wildman–Crippen MR) is 97.0 cm³/mol. The third-order valence-electron chi connectivity index (χ3n) is 3.69. The average Bonchev–Trinajstić information content (AvgIpc) is 2.61.